The first-order valence-corrected chi connectivity index (χ1v) is 5.72. The average molecular weight is 264 g/mol. The van der Waals surface area contributed by atoms with Crippen molar-refractivity contribution in [2.24, 2.45) is 0 Å². The molecule has 0 aliphatic rings. The molecule has 2 N–H and O–H groups in total. The van der Waals surface area contributed by atoms with Crippen LogP contribution in [-0.2, 0) is 0 Å². The summed E-state index contributed by atoms with van der Waals surface area (Å²) in [6.45, 7) is 1.78. The van der Waals surface area contributed by atoms with Gasteiger partial charge in [-0.1, -0.05) is 17.4 Å². The molecule has 6 nitrogen and oxygen atoms in total. The Bertz CT molecular complexity index is 636. The Morgan fingerprint density at radius 3 is 2.28 bits per heavy atom. The summed E-state index contributed by atoms with van der Waals surface area (Å²) >= 11 is 1.31. The van der Waals surface area contributed by atoms with E-state index in [1.807, 2.05) is 0 Å². The van der Waals surface area contributed by atoms with Gasteiger partial charge < -0.3 is 10.2 Å². The molecule has 0 saturated carbocycles. The van der Waals surface area contributed by atoms with Crippen LogP contribution < -0.4 is 0 Å². The van der Waals surface area contributed by atoms with E-state index in [-0.39, 0.29) is 11.1 Å². The fourth-order valence-electron chi connectivity index (χ4n) is 1.45. The summed E-state index contributed by atoms with van der Waals surface area (Å²) in [6.07, 6.45) is 0. The first-order chi connectivity index (χ1) is 8.49. The van der Waals surface area contributed by atoms with Crippen molar-refractivity contribution in [3.8, 4) is 10.6 Å². The van der Waals surface area contributed by atoms with Gasteiger partial charge in [0, 0.05) is 5.56 Å². The quantitative estimate of drug-likeness (QED) is 0.878. The van der Waals surface area contributed by atoms with Gasteiger partial charge in [0.15, 0.2) is 0 Å². The number of carboxylic acids is 2. The summed E-state index contributed by atoms with van der Waals surface area (Å²) in [5.41, 5.74) is 0.0448. The third-order valence-electron chi connectivity index (χ3n) is 2.25. The maximum atomic E-state index is 11.0. The minimum atomic E-state index is -1.28. The molecule has 7 heteroatoms. The number of hydrogen-bond acceptors (Lipinski definition) is 5. The number of hydrogen-bond donors (Lipinski definition) is 2. The maximum absolute atomic E-state index is 11.0. The Hall–Kier alpha value is -2.28. The van der Waals surface area contributed by atoms with Gasteiger partial charge >= 0.3 is 11.9 Å². The van der Waals surface area contributed by atoms with Crippen molar-refractivity contribution in [1.29, 1.82) is 0 Å². The second-order valence-corrected chi connectivity index (χ2v) is 4.68. The highest BCUT2D eigenvalue weighted by Gasteiger charge is 2.17. The number of carboxylic acid groups (broad SMARTS) is 2. The highest BCUT2D eigenvalue weighted by molar-refractivity contribution is 7.14. The Labute approximate surface area is 106 Å². The van der Waals surface area contributed by atoms with Crippen molar-refractivity contribution >= 4 is 23.3 Å². The van der Waals surface area contributed by atoms with Crippen LogP contribution in [-0.4, -0.2) is 32.3 Å². The molecular formula is C11H8N2O4S. The third-order valence-corrected chi connectivity index (χ3v) is 3.14. The average Bonchev–Trinajstić information content (AvgIpc) is 2.75. The molecule has 0 spiro atoms. The minimum absolute atomic E-state index is 0.243. The first-order valence-electron chi connectivity index (χ1n) is 4.90. The number of aryl methyl sites for hydroxylation is 1. The van der Waals surface area contributed by atoms with Crippen LogP contribution in [0.3, 0.4) is 0 Å². The molecule has 0 aliphatic carbocycles. The van der Waals surface area contributed by atoms with E-state index in [4.69, 9.17) is 10.2 Å². The van der Waals surface area contributed by atoms with Crippen molar-refractivity contribution in [1.82, 2.24) is 10.2 Å². The van der Waals surface area contributed by atoms with E-state index in [1.54, 1.807) is 6.92 Å². The zero-order valence-electron chi connectivity index (χ0n) is 9.25. The molecule has 0 atom stereocenters. The molecule has 0 bridgehead atoms. The fraction of sp³-hybridized carbons (Fsp3) is 0.0909. The molecule has 0 amide bonds. The number of benzene rings is 1. The summed E-state index contributed by atoms with van der Waals surface area (Å²) in [5.74, 6) is -2.55. The molecule has 2 aromatic rings. The highest BCUT2D eigenvalue weighted by Crippen LogP contribution is 2.25. The largest absolute Gasteiger partial charge is 0.478 e. The number of aromatic nitrogens is 2. The van der Waals surface area contributed by atoms with Gasteiger partial charge in [0.1, 0.15) is 10.0 Å². The van der Waals surface area contributed by atoms with Crippen LogP contribution in [0.5, 0.6) is 0 Å². The maximum Gasteiger partial charge on any atom is 0.336 e. The van der Waals surface area contributed by atoms with Crippen LogP contribution in [0.4, 0.5) is 0 Å². The zero-order valence-corrected chi connectivity index (χ0v) is 10.1. The molecule has 92 valence electrons. The number of rotatable bonds is 3. The Balaban J connectivity index is 2.56. The van der Waals surface area contributed by atoms with Gasteiger partial charge in [-0.05, 0) is 19.1 Å². The zero-order chi connectivity index (χ0) is 13.3. The molecule has 0 saturated heterocycles. The number of carbonyl (C=O) groups is 2. The standard InChI is InChI=1S/C11H8N2O4S/c1-5-12-13-9(18-5)6-2-3-7(10(14)15)8(4-6)11(16)17/h2-4H,1H3,(H,14,15)(H,16,17). The van der Waals surface area contributed by atoms with Gasteiger partial charge in [-0.3, -0.25) is 0 Å². The van der Waals surface area contributed by atoms with E-state index in [9.17, 15) is 9.59 Å². The van der Waals surface area contributed by atoms with E-state index in [0.29, 0.717) is 10.6 Å². The van der Waals surface area contributed by atoms with Crippen molar-refractivity contribution in [3.05, 3.63) is 34.3 Å². The van der Waals surface area contributed by atoms with Crippen LogP contribution in [0.25, 0.3) is 10.6 Å². The van der Waals surface area contributed by atoms with E-state index in [1.165, 1.54) is 29.5 Å². The molecule has 0 unspecified atom stereocenters. The molecule has 1 heterocycles. The number of nitrogens with zero attached hydrogens (tertiary/aromatic N) is 2. The second kappa shape index (κ2) is 4.53. The molecule has 18 heavy (non-hydrogen) atoms. The Morgan fingerprint density at radius 2 is 1.78 bits per heavy atom. The van der Waals surface area contributed by atoms with Crippen molar-refractivity contribution in [2.45, 2.75) is 6.92 Å². The fourth-order valence-corrected chi connectivity index (χ4v) is 2.14. The van der Waals surface area contributed by atoms with Gasteiger partial charge in [-0.2, -0.15) is 0 Å². The molecule has 1 aromatic heterocycles. The summed E-state index contributed by atoms with van der Waals surface area (Å²) in [4.78, 5) is 21.9. The summed E-state index contributed by atoms with van der Waals surface area (Å²) in [7, 11) is 0. The van der Waals surface area contributed by atoms with E-state index >= 15 is 0 Å². The lowest BCUT2D eigenvalue weighted by Gasteiger charge is -2.03. The normalized spacial score (nSPS) is 10.3. The molecule has 0 aliphatic heterocycles. The van der Waals surface area contributed by atoms with Crippen LogP contribution in [0.1, 0.15) is 25.7 Å². The highest BCUT2D eigenvalue weighted by atomic mass is 32.1. The van der Waals surface area contributed by atoms with E-state index in [2.05, 4.69) is 10.2 Å². The van der Waals surface area contributed by atoms with Crippen molar-refractivity contribution in [2.75, 3.05) is 0 Å². The van der Waals surface area contributed by atoms with Crippen molar-refractivity contribution in [3.63, 3.8) is 0 Å². The summed E-state index contributed by atoms with van der Waals surface area (Å²) in [5, 5.41) is 26.9. The third kappa shape index (κ3) is 2.21. The van der Waals surface area contributed by atoms with Gasteiger partial charge in [0.2, 0.25) is 0 Å². The van der Waals surface area contributed by atoms with Gasteiger partial charge in [-0.25, -0.2) is 9.59 Å². The molecule has 0 fully saturated rings. The second-order valence-electron chi connectivity index (χ2n) is 3.50. The van der Waals surface area contributed by atoms with Crippen LogP contribution >= 0.6 is 11.3 Å². The smallest absolute Gasteiger partial charge is 0.336 e. The minimum Gasteiger partial charge on any atom is -0.478 e. The molecule has 0 radical (unpaired) electrons. The first kappa shape index (κ1) is 12.2. The van der Waals surface area contributed by atoms with Crippen LogP contribution in [0.2, 0.25) is 0 Å². The SMILES string of the molecule is Cc1nnc(-c2ccc(C(=O)O)c(C(=O)O)c2)s1. The predicted molar refractivity (Wildman–Crippen MR) is 64.0 cm³/mol. The topological polar surface area (TPSA) is 100 Å². The lowest BCUT2D eigenvalue weighted by molar-refractivity contribution is 0.0651. The lowest BCUT2D eigenvalue weighted by atomic mass is 10.0. The van der Waals surface area contributed by atoms with Crippen LogP contribution in [0, 0.1) is 6.92 Å². The van der Waals surface area contributed by atoms with Crippen molar-refractivity contribution < 1.29 is 19.8 Å². The summed E-state index contributed by atoms with van der Waals surface area (Å²) < 4.78 is 0. The summed E-state index contributed by atoms with van der Waals surface area (Å²) in [6, 6.07) is 4.08. The molecule has 1 aromatic carbocycles. The van der Waals surface area contributed by atoms with Gasteiger partial charge in [0.25, 0.3) is 0 Å². The Kier molecular flexibility index (Phi) is 3.07. The van der Waals surface area contributed by atoms with Gasteiger partial charge in [0.05, 0.1) is 11.1 Å². The van der Waals surface area contributed by atoms with Gasteiger partial charge in [-0.15, -0.1) is 10.2 Å². The van der Waals surface area contributed by atoms with E-state index < -0.39 is 11.9 Å². The van der Waals surface area contributed by atoms with Crippen LogP contribution in [0.15, 0.2) is 18.2 Å². The monoisotopic (exact) mass is 264 g/mol. The van der Waals surface area contributed by atoms with E-state index in [0.717, 1.165) is 5.01 Å². The predicted octanol–water partition coefficient (Wildman–Crippen LogP) is 1.91. The Morgan fingerprint density at radius 1 is 1.11 bits per heavy atom. The lowest BCUT2D eigenvalue weighted by Crippen LogP contribution is -2.07. The number of aromatic carboxylic acids is 2. The molecule has 2 rings (SSSR count). The molecular weight excluding hydrogens is 256 g/mol.